The molecule has 4 rings (SSSR count). The number of methoxy groups -OCH3 is 2. The van der Waals surface area contributed by atoms with Crippen LogP contribution < -0.4 is 10.6 Å². The highest BCUT2D eigenvalue weighted by Crippen LogP contribution is 2.30. The van der Waals surface area contributed by atoms with E-state index in [1.54, 1.807) is 74.0 Å². The number of nitrogens with one attached hydrogen (secondary N) is 2. The molecular formula is C60H90N6O13. The lowest BCUT2D eigenvalue weighted by Crippen LogP contribution is -2.60. The summed E-state index contributed by atoms with van der Waals surface area (Å²) in [6.45, 7) is 15.4. The van der Waals surface area contributed by atoms with E-state index >= 15 is 0 Å². The Kier molecular flexibility index (Phi) is 26.1. The standard InChI is InChI=1S/C60H90N6O13/c1-13-39(7)53(48(77-11)35-50(69)65-31-21-25-47(65)54(78-12)40(8)55(70)61-46(59(74)75)33-41-22-17-15-18-23-41)63(9)58(73)51(37(3)4)62-56(71)52(38(5)6)64(10)60(76)79-36-43-28-26-42(27-29-43)32-45(67)24-19-16-20-30-66-49(68)34-44(14-2)57(66)72/h15,17-18,22-23,26-29,37-40,44,46-48,51-54H,13-14,16,19-21,24-25,30-36H2,1-12H3,(H,61,70)(H,62,71)(H,74,75)/t39-,40+,44?,46-,47-,48+,51-,52-,53-,54+/m0/s1. The number of carbonyl (C=O) groups excluding carboxylic acids is 8. The number of carboxylic acid groups (broad SMARTS) is 1. The molecule has 7 amide bonds. The fraction of sp³-hybridized carbons (Fsp3) is 0.650. The van der Waals surface area contributed by atoms with Crippen LogP contribution in [0, 0.1) is 29.6 Å². The van der Waals surface area contributed by atoms with Crippen LogP contribution >= 0.6 is 0 Å². The number of benzene rings is 2. The molecule has 79 heavy (non-hydrogen) atoms. The van der Waals surface area contributed by atoms with Crippen LogP contribution in [0.5, 0.6) is 0 Å². The second-order valence-corrected chi connectivity index (χ2v) is 22.3. The van der Waals surface area contributed by atoms with Gasteiger partial charge in [0.1, 0.15) is 30.5 Å². The van der Waals surface area contributed by atoms with Crippen molar-refractivity contribution in [3.05, 3.63) is 71.3 Å². The molecule has 0 aromatic heterocycles. The van der Waals surface area contributed by atoms with Crippen molar-refractivity contribution in [3.8, 4) is 0 Å². The van der Waals surface area contributed by atoms with E-state index in [4.69, 9.17) is 14.2 Å². The summed E-state index contributed by atoms with van der Waals surface area (Å²) < 4.78 is 17.6. The number of hydrogen-bond donors (Lipinski definition) is 3. The zero-order valence-corrected chi connectivity index (χ0v) is 48.9. The van der Waals surface area contributed by atoms with Gasteiger partial charge in [-0.05, 0) is 66.5 Å². The number of Topliss-reactive ketones (excluding diaryl/α,β-unsaturated/α-hetero) is 1. The molecule has 0 bridgehead atoms. The summed E-state index contributed by atoms with van der Waals surface area (Å²) in [5.41, 5.74) is 2.25. The van der Waals surface area contributed by atoms with Crippen molar-refractivity contribution in [1.82, 2.24) is 30.2 Å². The zero-order valence-electron chi connectivity index (χ0n) is 48.9. The lowest BCUT2D eigenvalue weighted by Gasteiger charge is -2.41. The first-order valence-electron chi connectivity index (χ1n) is 28.3. The number of carboxylic acids is 1. The highest BCUT2D eigenvalue weighted by molar-refractivity contribution is 6.03. The molecule has 3 N–H and O–H groups in total. The number of likely N-dealkylation sites (N-methyl/N-ethyl adjacent to an activating group) is 2. The van der Waals surface area contributed by atoms with Crippen molar-refractivity contribution < 1.29 is 62.5 Å². The van der Waals surface area contributed by atoms with Crippen molar-refractivity contribution >= 4 is 53.3 Å². The van der Waals surface area contributed by atoms with Crippen LogP contribution in [0.1, 0.15) is 136 Å². The molecule has 0 spiro atoms. The summed E-state index contributed by atoms with van der Waals surface area (Å²) in [6.07, 6.45) is 3.17. The van der Waals surface area contributed by atoms with E-state index in [0.717, 1.165) is 17.5 Å². The van der Waals surface area contributed by atoms with E-state index in [2.05, 4.69) is 10.6 Å². The van der Waals surface area contributed by atoms with Gasteiger partial charge in [0, 0.05) is 73.0 Å². The summed E-state index contributed by atoms with van der Waals surface area (Å²) in [4.78, 5) is 126. The van der Waals surface area contributed by atoms with Crippen molar-refractivity contribution in [1.29, 1.82) is 0 Å². The summed E-state index contributed by atoms with van der Waals surface area (Å²) in [5.74, 6) is -4.97. The van der Waals surface area contributed by atoms with Crippen LogP contribution in [0.3, 0.4) is 0 Å². The van der Waals surface area contributed by atoms with Gasteiger partial charge >= 0.3 is 12.1 Å². The molecule has 19 nitrogen and oxygen atoms in total. The number of aliphatic carboxylic acids is 1. The van der Waals surface area contributed by atoms with Gasteiger partial charge in [0.15, 0.2) is 0 Å². The molecule has 10 atom stereocenters. The van der Waals surface area contributed by atoms with E-state index in [9.17, 15) is 48.3 Å². The minimum Gasteiger partial charge on any atom is -0.480 e. The molecule has 2 aliphatic rings. The Morgan fingerprint density at radius 1 is 0.785 bits per heavy atom. The maximum atomic E-state index is 14.7. The monoisotopic (exact) mass is 1100 g/mol. The van der Waals surface area contributed by atoms with Crippen molar-refractivity contribution in [3.63, 3.8) is 0 Å². The third kappa shape index (κ3) is 18.2. The van der Waals surface area contributed by atoms with Gasteiger partial charge in [-0.15, -0.1) is 0 Å². The van der Waals surface area contributed by atoms with Crippen LogP contribution in [0.15, 0.2) is 54.6 Å². The number of ether oxygens (including phenoxy) is 3. The van der Waals surface area contributed by atoms with Crippen LogP contribution in [-0.2, 0) is 72.0 Å². The number of hydrogen-bond acceptors (Lipinski definition) is 12. The van der Waals surface area contributed by atoms with Gasteiger partial charge in [0.2, 0.25) is 35.4 Å². The molecular weight excluding hydrogens is 1010 g/mol. The number of unbranched alkanes of at least 4 members (excludes halogenated alkanes) is 2. The number of amides is 7. The Labute approximate surface area is 468 Å². The summed E-state index contributed by atoms with van der Waals surface area (Å²) >= 11 is 0. The first-order chi connectivity index (χ1) is 37.5. The largest absolute Gasteiger partial charge is 0.480 e. The minimum atomic E-state index is -1.17. The molecule has 0 saturated carbocycles. The summed E-state index contributed by atoms with van der Waals surface area (Å²) in [7, 11) is 6.08. The number of rotatable bonds is 32. The van der Waals surface area contributed by atoms with Gasteiger partial charge in [-0.2, -0.15) is 0 Å². The number of carbonyl (C=O) groups is 9. The molecule has 2 saturated heterocycles. The Morgan fingerprint density at radius 2 is 1.44 bits per heavy atom. The predicted molar refractivity (Wildman–Crippen MR) is 298 cm³/mol. The zero-order chi connectivity index (χ0) is 58.7. The summed E-state index contributed by atoms with van der Waals surface area (Å²) in [6, 6.07) is 11.9. The van der Waals surface area contributed by atoms with Gasteiger partial charge in [-0.3, -0.25) is 43.4 Å². The first kappa shape index (κ1) is 65.3. The molecule has 2 aromatic rings. The van der Waals surface area contributed by atoms with Crippen molar-refractivity contribution in [2.75, 3.05) is 41.4 Å². The van der Waals surface area contributed by atoms with Crippen LogP contribution in [-0.4, -0.2) is 162 Å². The van der Waals surface area contributed by atoms with E-state index in [1.165, 1.54) is 31.1 Å². The number of nitrogens with zero attached hydrogens (tertiary/aromatic N) is 4. The van der Waals surface area contributed by atoms with Crippen molar-refractivity contribution in [2.45, 2.75) is 181 Å². The van der Waals surface area contributed by atoms with Crippen LogP contribution in [0.2, 0.25) is 0 Å². The Balaban J connectivity index is 1.34. The fourth-order valence-electron chi connectivity index (χ4n) is 11.1. The molecule has 2 fully saturated rings. The predicted octanol–water partition coefficient (Wildman–Crippen LogP) is 6.61. The SMILES string of the molecule is CCC1CC(=O)N(CCCCCC(=O)Cc2ccc(COC(=O)N(C)[C@H](C(=O)N[C@H](C(=O)N(C)[C@@H]([C@@H](C)CC)[C@@H](CC(=O)N3CCC[C@H]3[C@H](OC)[C@@H](C)C(=O)N[C@@H](Cc3ccccc3)C(=O)O)OC)C(C)C)C(C)C)cc2)C1=O. The van der Waals surface area contributed by atoms with Gasteiger partial charge in [-0.1, -0.05) is 123 Å². The molecule has 2 heterocycles. The average molecular weight is 1100 g/mol. The lowest BCUT2D eigenvalue weighted by atomic mass is 9.89. The third-order valence-electron chi connectivity index (χ3n) is 15.9. The minimum absolute atomic E-state index is 0.0730. The van der Waals surface area contributed by atoms with E-state index in [0.29, 0.717) is 63.6 Å². The third-order valence-corrected chi connectivity index (χ3v) is 15.9. The van der Waals surface area contributed by atoms with E-state index in [1.807, 2.05) is 52.8 Å². The quantitative estimate of drug-likeness (QED) is 0.0517. The Bertz CT molecular complexity index is 2360. The Morgan fingerprint density at radius 3 is 2.01 bits per heavy atom. The maximum absolute atomic E-state index is 14.7. The first-order valence-corrected chi connectivity index (χ1v) is 28.3. The highest BCUT2D eigenvalue weighted by Gasteiger charge is 2.44. The second-order valence-electron chi connectivity index (χ2n) is 22.3. The molecule has 0 radical (unpaired) electrons. The van der Waals surface area contributed by atoms with Crippen LogP contribution in [0.25, 0.3) is 0 Å². The molecule has 0 aliphatic carbocycles. The summed E-state index contributed by atoms with van der Waals surface area (Å²) in [5, 5.41) is 15.6. The number of likely N-dealkylation sites (tertiary alicyclic amines) is 2. The second kappa shape index (κ2) is 31.5. The molecule has 19 heteroatoms. The topological polar surface area (TPSA) is 239 Å². The maximum Gasteiger partial charge on any atom is 0.410 e. The molecule has 1 unspecified atom stereocenters. The van der Waals surface area contributed by atoms with Gasteiger partial charge < -0.3 is 39.8 Å². The van der Waals surface area contributed by atoms with E-state index in [-0.39, 0.29) is 79.5 Å². The average Bonchev–Trinajstić information content (AvgIpc) is 4.04. The number of ketones is 1. The highest BCUT2D eigenvalue weighted by atomic mass is 16.6. The fourth-order valence-corrected chi connectivity index (χ4v) is 11.1. The van der Waals surface area contributed by atoms with Gasteiger partial charge in [0.25, 0.3) is 0 Å². The lowest BCUT2D eigenvalue weighted by molar-refractivity contribution is -0.148. The Hall–Kier alpha value is -6.21. The van der Waals surface area contributed by atoms with Crippen LogP contribution in [0.4, 0.5) is 4.79 Å². The van der Waals surface area contributed by atoms with Gasteiger partial charge in [0.05, 0.1) is 36.6 Å². The van der Waals surface area contributed by atoms with Gasteiger partial charge in [-0.25, -0.2) is 9.59 Å². The molecule has 2 aromatic carbocycles. The molecule has 438 valence electrons. The molecule has 2 aliphatic heterocycles. The number of imide groups is 1. The smallest absolute Gasteiger partial charge is 0.410 e. The van der Waals surface area contributed by atoms with E-state index < -0.39 is 78.1 Å². The van der Waals surface area contributed by atoms with Crippen molar-refractivity contribution in [2.24, 2.45) is 29.6 Å². The normalized spacial score (nSPS) is 18.6.